The molecule has 0 fully saturated rings. The van der Waals surface area contributed by atoms with Gasteiger partial charge in [0.05, 0.1) is 5.75 Å². The van der Waals surface area contributed by atoms with E-state index in [9.17, 15) is 8.42 Å². The first-order chi connectivity index (χ1) is 8.42. The van der Waals surface area contributed by atoms with Crippen molar-refractivity contribution in [2.75, 3.05) is 17.8 Å². The Morgan fingerprint density at radius 3 is 2.67 bits per heavy atom. The summed E-state index contributed by atoms with van der Waals surface area (Å²) in [6.07, 6.45) is 1.76. The van der Waals surface area contributed by atoms with E-state index < -0.39 is 9.84 Å². The zero-order valence-corrected chi connectivity index (χ0v) is 13.3. The van der Waals surface area contributed by atoms with Crippen LogP contribution in [0.3, 0.4) is 0 Å². The maximum atomic E-state index is 11.1. The summed E-state index contributed by atoms with van der Waals surface area (Å²) in [5.41, 5.74) is 2.66. The fraction of sp³-hybridized carbons (Fsp3) is 0.455. The third kappa shape index (κ3) is 6.19. The SMILES string of the molecule is CS(=O)(=O)CCC(CSc1ccccc1Br)NN. The van der Waals surface area contributed by atoms with Crippen molar-refractivity contribution in [1.82, 2.24) is 5.43 Å². The van der Waals surface area contributed by atoms with Crippen LogP contribution in [0.2, 0.25) is 0 Å². The molecule has 7 heteroatoms. The molecule has 0 saturated carbocycles. The molecule has 0 heterocycles. The number of thioether (sulfide) groups is 1. The summed E-state index contributed by atoms with van der Waals surface area (Å²) in [6.45, 7) is 0. The highest BCUT2D eigenvalue weighted by Gasteiger charge is 2.12. The molecule has 1 rings (SSSR count). The van der Waals surface area contributed by atoms with Crippen LogP contribution in [-0.4, -0.2) is 32.2 Å². The Balaban J connectivity index is 2.47. The highest BCUT2D eigenvalue weighted by atomic mass is 79.9. The fourth-order valence-electron chi connectivity index (χ4n) is 1.32. The lowest BCUT2D eigenvalue weighted by Crippen LogP contribution is -2.38. The van der Waals surface area contributed by atoms with E-state index in [0.717, 1.165) is 15.1 Å². The Bertz CT molecular complexity index is 480. The summed E-state index contributed by atoms with van der Waals surface area (Å²) in [7, 11) is -2.93. The van der Waals surface area contributed by atoms with Crippen LogP contribution in [0.15, 0.2) is 33.6 Å². The molecule has 0 aliphatic rings. The number of halogens is 1. The molecule has 3 N–H and O–H groups in total. The molecular formula is C11H17BrN2O2S2. The second kappa shape index (κ2) is 7.49. The Morgan fingerprint density at radius 1 is 1.44 bits per heavy atom. The number of sulfone groups is 1. The number of hydrazine groups is 1. The molecule has 1 unspecified atom stereocenters. The van der Waals surface area contributed by atoms with Gasteiger partial charge in [0.25, 0.3) is 0 Å². The molecule has 0 radical (unpaired) electrons. The molecule has 1 aromatic rings. The highest BCUT2D eigenvalue weighted by Crippen LogP contribution is 2.27. The molecule has 4 nitrogen and oxygen atoms in total. The summed E-state index contributed by atoms with van der Waals surface area (Å²) >= 11 is 5.12. The fourth-order valence-corrected chi connectivity index (χ4v) is 3.69. The lowest BCUT2D eigenvalue weighted by molar-refractivity contribution is 0.550. The first-order valence-electron chi connectivity index (χ1n) is 5.43. The van der Waals surface area contributed by atoms with E-state index in [0.29, 0.717) is 6.42 Å². The van der Waals surface area contributed by atoms with Crippen molar-refractivity contribution in [1.29, 1.82) is 0 Å². The minimum absolute atomic E-state index is 0.0168. The smallest absolute Gasteiger partial charge is 0.147 e. The minimum atomic E-state index is -2.93. The average molecular weight is 353 g/mol. The van der Waals surface area contributed by atoms with Gasteiger partial charge in [-0.25, -0.2) is 8.42 Å². The average Bonchev–Trinajstić information content (AvgIpc) is 2.30. The monoisotopic (exact) mass is 352 g/mol. The van der Waals surface area contributed by atoms with Crippen molar-refractivity contribution in [3.05, 3.63) is 28.7 Å². The Kier molecular flexibility index (Phi) is 6.65. The molecule has 0 amide bonds. The standard InChI is InChI=1S/C11H17BrN2O2S2/c1-18(15,16)7-6-9(14-13)8-17-11-5-3-2-4-10(11)12/h2-5,9,14H,6-8,13H2,1H3. The molecule has 0 bridgehead atoms. The van der Waals surface area contributed by atoms with E-state index in [-0.39, 0.29) is 11.8 Å². The largest absolute Gasteiger partial charge is 0.271 e. The predicted octanol–water partition coefficient (Wildman–Crippen LogP) is 1.81. The van der Waals surface area contributed by atoms with Gasteiger partial charge in [0, 0.05) is 27.4 Å². The molecule has 0 aliphatic carbocycles. The predicted molar refractivity (Wildman–Crippen MR) is 80.3 cm³/mol. The third-order valence-electron chi connectivity index (χ3n) is 2.35. The Morgan fingerprint density at radius 2 is 2.11 bits per heavy atom. The van der Waals surface area contributed by atoms with Crippen LogP contribution < -0.4 is 11.3 Å². The van der Waals surface area contributed by atoms with Gasteiger partial charge in [0.15, 0.2) is 0 Å². The topological polar surface area (TPSA) is 72.2 Å². The maximum absolute atomic E-state index is 11.1. The van der Waals surface area contributed by atoms with Gasteiger partial charge in [-0.3, -0.25) is 11.3 Å². The summed E-state index contributed by atoms with van der Waals surface area (Å²) in [4.78, 5) is 1.12. The van der Waals surface area contributed by atoms with Gasteiger partial charge < -0.3 is 0 Å². The van der Waals surface area contributed by atoms with E-state index in [1.165, 1.54) is 6.26 Å². The lowest BCUT2D eigenvalue weighted by Gasteiger charge is -2.15. The highest BCUT2D eigenvalue weighted by molar-refractivity contribution is 9.10. The van der Waals surface area contributed by atoms with Gasteiger partial charge in [-0.15, -0.1) is 11.8 Å². The van der Waals surface area contributed by atoms with Crippen molar-refractivity contribution < 1.29 is 8.42 Å². The van der Waals surface area contributed by atoms with Crippen LogP contribution in [0.5, 0.6) is 0 Å². The van der Waals surface area contributed by atoms with Gasteiger partial charge >= 0.3 is 0 Å². The van der Waals surface area contributed by atoms with E-state index in [1.807, 2.05) is 24.3 Å². The first-order valence-corrected chi connectivity index (χ1v) is 9.27. The van der Waals surface area contributed by atoms with Crippen molar-refractivity contribution in [3.63, 3.8) is 0 Å². The van der Waals surface area contributed by atoms with Crippen molar-refractivity contribution in [3.8, 4) is 0 Å². The van der Waals surface area contributed by atoms with Crippen LogP contribution >= 0.6 is 27.7 Å². The first kappa shape index (κ1) is 16.0. The van der Waals surface area contributed by atoms with E-state index in [2.05, 4.69) is 21.4 Å². The Labute approximate surface area is 121 Å². The van der Waals surface area contributed by atoms with Gasteiger partial charge in [0.1, 0.15) is 9.84 Å². The molecule has 0 saturated heterocycles. The number of nitrogens with one attached hydrogen (secondary N) is 1. The van der Waals surface area contributed by atoms with Crippen LogP contribution in [-0.2, 0) is 9.84 Å². The minimum Gasteiger partial charge on any atom is -0.271 e. The lowest BCUT2D eigenvalue weighted by atomic mass is 10.3. The molecule has 1 atom stereocenters. The quantitative estimate of drug-likeness (QED) is 0.444. The zero-order valence-electron chi connectivity index (χ0n) is 10.1. The van der Waals surface area contributed by atoms with Crippen molar-refractivity contribution >= 4 is 37.5 Å². The molecule has 1 aromatic carbocycles. The number of nitrogens with two attached hydrogens (primary N) is 1. The van der Waals surface area contributed by atoms with Crippen LogP contribution in [0.4, 0.5) is 0 Å². The molecule has 0 spiro atoms. The van der Waals surface area contributed by atoms with Gasteiger partial charge in [-0.2, -0.15) is 0 Å². The summed E-state index contributed by atoms with van der Waals surface area (Å²) < 4.78 is 23.2. The Hall–Kier alpha value is -0.0800. The molecule has 0 aromatic heterocycles. The van der Waals surface area contributed by atoms with Crippen molar-refractivity contribution in [2.24, 2.45) is 5.84 Å². The maximum Gasteiger partial charge on any atom is 0.147 e. The van der Waals surface area contributed by atoms with Gasteiger partial charge in [-0.1, -0.05) is 12.1 Å². The third-order valence-corrected chi connectivity index (χ3v) is 5.52. The van der Waals surface area contributed by atoms with Gasteiger partial charge in [-0.05, 0) is 34.5 Å². The summed E-state index contributed by atoms with van der Waals surface area (Å²) in [5.74, 6) is 6.32. The summed E-state index contributed by atoms with van der Waals surface area (Å²) in [6, 6.07) is 7.89. The van der Waals surface area contributed by atoms with Crippen LogP contribution in [0.25, 0.3) is 0 Å². The number of hydrogen-bond donors (Lipinski definition) is 2. The normalized spacial score (nSPS) is 13.5. The number of rotatable bonds is 7. The van der Waals surface area contributed by atoms with E-state index in [1.54, 1.807) is 11.8 Å². The van der Waals surface area contributed by atoms with E-state index >= 15 is 0 Å². The molecular weight excluding hydrogens is 336 g/mol. The van der Waals surface area contributed by atoms with Crippen LogP contribution in [0, 0.1) is 0 Å². The number of benzene rings is 1. The molecule has 102 valence electrons. The summed E-state index contributed by atoms with van der Waals surface area (Å²) in [5, 5.41) is 0. The molecule has 18 heavy (non-hydrogen) atoms. The van der Waals surface area contributed by atoms with E-state index in [4.69, 9.17) is 5.84 Å². The van der Waals surface area contributed by atoms with Gasteiger partial charge in [0.2, 0.25) is 0 Å². The van der Waals surface area contributed by atoms with Crippen LogP contribution in [0.1, 0.15) is 6.42 Å². The van der Waals surface area contributed by atoms with Crippen molar-refractivity contribution in [2.45, 2.75) is 17.4 Å². The number of hydrogen-bond acceptors (Lipinski definition) is 5. The zero-order chi connectivity index (χ0) is 13.6. The molecule has 0 aliphatic heterocycles. The second-order valence-electron chi connectivity index (χ2n) is 4.02. The second-order valence-corrected chi connectivity index (χ2v) is 8.20.